The largest absolute Gasteiger partial charge is 0.490 e. The summed E-state index contributed by atoms with van der Waals surface area (Å²) in [6.07, 6.45) is 2.22. The number of benzene rings is 1. The summed E-state index contributed by atoms with van der Waals surface area (Å²) in [6, 6.07) is 2.26. The quantitative estimate of drug-likeness (QED) is 0.487. The molecular weight excluding hydrogens is 376 g/mol. The molecule has 0 bridgehead atoms. The van der Waals surface area contributed by atoms with Gasteiger partial charge in [0.1, 0.15) is 0 Å². The third kappa shape index (κ3) is 7.57. The Kier molecular flexibility index (Phi) is 9.15. The molecule has 0 fully saturated rings. The lowest BCUT2D eigenvalue weighted by Crippen LogP contribution is -2.42. The molecule has 9 heteroatoms. The molecule has 1 aromatic rings. The van der Waals surface area contributed by atoms with E-state index in [1.807, 2.05) is 19.2 Å². The second-order valence-corrected chi connectivity index (χ2v) is 5.78. The third-order valence-corrected chi connectivity index (χ3v) is 3.38. The monoisotopic (exact) mass is 398 g/mol. The lowest BCUT2D eigenvalue weighted by molar-refractivity contribution is -0.149. The number of hydrogen-bond acceptors (Lipinski definition) is 6. The van der Waals surface area contributed by atoms with E-state index in [0.29, 0.717) is 35.3 Å². The SMILES string of the molecule is CCCOc1c(Cl)cc(/C=C/C(=O)O[C@H](C)C(=O)NC(N)=O)cc1OCC. The van der Waals surface area contributed by atoms with Crippen LogP contribution in [-0.2, 0) is 14.3 Å². The summed E-state index contributed by atoms with van der Waals surface area (Å²) in [5.74, 6) is -0.691. The standard InChI is InChI=1S/C18H23ClN2O6/c1-4-8-26-16-13(19)9-12(10-14(16)25-5-2)6-7-15(22)27-11(3)17(23)21-18(20)24/h6-7,9-11H,4-5,8H2,1-3H3,(H3,20,21,23,24)/b7-6+/t11-/m1/s1. The molecule has 0 spiro atoms. The molecule has 8 nitrogen and oxygen atoms in total. The Labute approximate surface area is 162 Å². The van der Waals surface area contributed by atoms with Gasteiger partial charge in [0, 0.05) is 6.08 Å². The van der Waals surface area contributed by atoms with E-state index in [1.54, 1.807) is 12.1 Å². The lowest BCUT2D eigenvalue weighted by Gasteiger charge is -2.14. The predicted molar refractivity (Wildman–Crippen MR) is 101 cm³/mol. The molecule has 0 unspecified atom stereocenters. The van der Waals surface area contributed by atoms with Gasteiger partial charge in [0.15, 0.2) is 17.6 Å². The first-order valence-corrected chi connectivity index (χ1v) is 8.74. The van der Waals surface area contributed by atoms with E-state index < -0.39 is 24.0 Å². The molecule has 1 atom stereocenters. The van der Waals surface area contributed by atoms with E-state index in [2.05, 4.69) is 0 Å². The first kappa shape index (κ1) is 22.3. The smallest absolute Gasteiger partial charge is 0.331 e. The first-order chi connectivity index (χ1) is 12.8. The van der Waals surface area contributed by atoms with E-state index in [1.165, 1.54) is 13.0 Å². The van der Waals surface area contributed by atoms with Gasteiger partial charge in [-0.2, -0.15) is 0 Å². The average molecular weight is 399 g/mol. The van der Waals surface area contributed by atoms with Gasteiger partial charge in [0.25, 0.3) is 5.91 Å². The van der Waals surface area contributed by atoms with Crippen LogP contribution in [0.3, 0.4) is 0 Å². The minimum Gasteiger partial charge on any atom is -0.490 e. The molecular formula is C18H23ClN2O6. The highest BCUT2D eigenvalue weighted by Gasteiger charge is 2.18. The Morgan fingerprint density at radius 1 is 1.26 bits per heavy atom. The number of carbonyl (C=O) groups excluding carboxylic acids is 3. The van der Waals surface area contributed by atoms with Gasteiger partial charge in [-0.15, -0.1) is 0 Å². The van der Waals surface area contributed by atoms with Crippen molar-refractivity contribution in [2.45, 2.75) is 33.3 Å². The van der Waals surface area contributed by atoms with E-state index >= 15 is 0 Å². The second kappa shape index (κ2) is 11.1. The molecule has 0 saturated heterocycles. The summed E-state index contributed by atoms with van der Waals surface area (Å²) >= 11 is 6.24. The first-order valence-electron chi connectivity index (χ1n) is 8.36. The maximum atomic E-state index is 11.8. The Balaban J connectivity index is 2.86. The zero-order valence-corrected chi connectivity index (χ0v) is 16.2. The van der Waals surface area contributed by atoms with Crippen LogP contribution in [0.5, 0.6) is 11.5 Å². The molecule has 0 saturated carbocycles. The van der Waals surface area contributed by atoms with Crippen molar-refractivity contribution in [1.29, 1.82) is 0 Å². The summed E-state index contributed by atoms with van der Waals surface area (Å²) in [4.78, 5) is 33.9. The number of imide groups is 1. The zero-order chi connectivity index (χ0) is 20.4. The normalized spacial score (nSPS) is 11.7. The molecule has 27 heavy (non-hydrogen) atoms. The number of halogens is 1. The van der Waals surface area contributed by atoms with Crippen molar-refractivity contribution in [1.82, 2.24) is 5.32 Å². The Hall–Kier alpha value is -2.74. The van der Waals surface area contributed by atoms with E-state index in [0.717, 1.165) is 12.5 Å². The minimum absolute atomic E-state index is 0.344. The number of rotatable bonds is 9. The van der Waals surface area contributed by atoms with Gasteiger partial charge >= 0.3 is 12.0 Å². The second-order valence-electron chi connectivity index (χ2n) is 5.38. The number of nitrogens with two attached hydrogens (primary N) is 1. The van der Waals surface area contributed by atoms with Crippen molar-refractivity contribution in [3.63, 3.8) is 0 Å². The molecule has 0 aliphatic heterocycles. The molecule has 3 N–H and O–H groups in total. The molecule has 1 rings (SSSR count). The number of hydrogen-bond donors (Lipinski definition) is 2. The molecule has 0 radical (unpaired) electrons. The van der Waals surface area contributed by atoms with Crippen LogP contribution in [0.1, 0.15) is 32.8 Å². The van der Waals surface area contributed by atoms with Gasteiger partial charge in [0.05, 0.1) is 18.2 Å². The van der Waals surface area contributed by atoms with Gasteiger partial charge in [-0.1, -0.05) is 18.5 Å². The van der Waals surface area contributed by atoms with Crippen molar-refractivity contribution < 1.29 is 28.6 Å². The van der Waals surface area contributed by atoms with Crippen molar-refractivity contribution >= 4 is 35.6 Å². The van der Waals surface area contributed by atoms with Crippen molar-refractivity contribution in [3.8, 4) is 11.5 Å². The number of urea groups is 1. The summed E-state index contributed by atoms with van der Waals surface area (Å²) < 4.78 is 16.0. The molecule has 1 aromatic carbocycles. The van der Waals surface area contributed by atoms with Crippen molar-refractivity contribution in [2.75, 3.05) is 13.2 Å². The van der Waals surface area contributed by atoms with Crippen LogP contribution in [0, 0.1) is 0 Å². The Bertz CT molecular complexity index is 720. The van der Waals surface area contributed by atoms with Gasteiger partial charge < -0.3 is 19.9 Å². The number of nitrogens with one attached hydrogen (secondary N) is 1. The van der Waals surface area contributed by atoms with Crippen molar-refractivity contribution in [3.05, 3.63) is 28.8 Å². The van der Waals surface area contributed by atoms with Crippen LogP contribution in [0.4, 0.5) is 4.79 Å². The highest BCUT2D eigenvalue weighted by Crippen LogP contribution is 2.37. The Morgan fingerprint density at radius 3 is 2.56 bits per heavy atom. The average Bonchev–Trinajstić information content (AvgIpc) is 2.59. The van der Waals surface area contributed by atoms with E-state index in [9.17, 15) is 14.4 Å². The van der Waals surface area contributed by atoms with Crippen LogP contribution in [-0.4, -0.2) is 37.2 Å². The van der Waals surface area contributed by atoms with Gasteiger partial charge in [-0.05, 0) is 44.0 Å². The maximum Gasteiger partial charge on any atom is 0.331 e. The van der Waals surface area contributed by atoms with Gasteiger partial charge in [-0.25, -0.2) is 9.59 Å². The number of amides is 3. The van der Waals surface area contributed by atoms with E-state index in [4.69, 9.17) is 31.5 Å². The summed E-state index contributed by atoms with van der Waals surface area (Å²) in [5.41, 5.74) is 5.41. The fourth-order valence-corrected chi connectivity index (χ4v) is 2.22. The Morgan fingerprint density at radius 2 is 1.96 bits per heavy atom. The van der Waals surface area contributed by atoms with Gasteiger partial charge in [-0.3, -0.25) is 10.1 Å². The highest BCUT2D eigenvalue weighted by molar-refractivity contribution is 6.32. The topological polar surface area (TPSA) is 117 Å². The maximum absolute atomic E-state index is 11.8. The summed E-state index contributed by atoms with van der Waals surface area (Å²) in [6.45, 7) is 6.03. The molecule has 0 aromatic heterocycles. The molecule has 0 aliphatic rings. The summed E-state index contributed by atoms with van der Waals surface area (Å²) in [5, 5.41) is 2.17. The van der Waals surface area contributed by atoms with E-state index in [-0.39, 0.29) is 0 Å². The van der Waals surface area contributed by atoms with Gasteiger partial charge in [0.2, 0.25) is 0 Å². The van der Waals surface area contributed by atoms with Crippen LogP contribution in [0.2, 0.25) is 5.02 Å². The molecule has 0 heterocycles. The van der Waals surface area contributed by atoms with Crippen LogP contribution < -0.4 is 20.5 Å². The fourth-order valence-electron chi connectivity index (χ4n) is 1.95. The highest BCUT2D eigenvalue weighted by atomic mass is 35.5. The fraction of sp³-hybridized carbons (Fsp3) is 0.389. The summed E-state index contributed by atoms with van der Waals surface area (Å²) in [7, 11) is 0. The third-order valence-electron chi connectivity index (χ3n) is 3.10. The molecule has 0 aliphatic carbocycles. The number of carbonyl (C=O) groups is 3. The predicted octanol–water partition coefficient (Wildman–Crippen LogP) is 2.67. The zero-order valence-electron chi connectivity index (χ0n) is 15.4. The molecule has 148 valence electrons. The molecule has 3 amide bonds. The number of ether oxygens (including phenoxy) is 3. The van der Waals surface area contributed by atoms with Crippen molar-refractivity contribution in [2.24, 2.45) is 5.73 Å². The number of primary amides is 1. The minimum atomic E-state index is -1.18. The van der Waals surface area contributed by atoms with Crippen LogP contribution in [0.25, 0.3) is 6.08 Å². The van der Waals surface area contributed by atoms with Crippen LogP contribution >= 0.6 is 11.6 Å². The lowest BCUT2D eigenvalue weighted by atomic mass is 10.2. The number of esters is 1. The van der Waals surface area contributed by atoms with Crippen LogP contribution in [0.15, 0.2) is 18.2 Å².